The van der Waals surface area contributed by atoms with Crippen LogP contribution in [0.25, 0.3) is 11.0 Å². The van der Waals surface area contributed by atoms with Crippen LogP contribution in [0.2, 0.25) is 0 Å². The highest BCUT2D eigenvalue weighted by Gasteiger charge is 2.33. The lowest BCUT2D eigenvalue weighted by Gasteiger charge is -2.22. The molecule has 0 bridgehead atoms. The fraction of sp³-hybridized carbons (Fsp3) is 0.333. The van der Waals surface area contributed by atoms with Gasteiger partial charge in [-0.15, -0.1) is 0 Å². The summed E-state index contributed by atoms with van der Waals surface area (Å²) in [7, 11) is 3.46. The lowest BCUT2D eigenvalue weighted by Crippen LogP contribution is -2.32. The third-order valence-corrected chi connectivity index (χ3v) is 5.15. The predicted molar refractivity (Wildman–Crippen MR) is 106 cm³/mol. The van der Waals surface area contributed by atoms with Gasteiger partial charge >= 0.3 is 0 Å². The third kappa shape index (κ3) is 3.35. The molecule has 0 unspecified atom stereocenters. The second-order valence-electron chi connectivity index (χ2n) is 7.24. The van der Waals surface area contributed by atoms with Gasteiger partial charge in [-0.3, -0.25) is 14.3 Å². The Labute approximate surface area is 163 Å². The number of aromatic nitrogens is 3. The molecule has 1 aliphatic carbocycles. The molecule has 1 saturated carbocycles. The maximum absolute atomic E-state index is 13.2. The molecule has 28 heavy (non-hydrogen) atoms. The van der Waals surface area contributed by atoms with E-state index in [9.17, 15) is 9.59 Å². The fourth-order valence-electron chi connectivity index (χ4n) is 3.45. The normalized spacial score (nSPS) is 13.5. The molecule has 2 heterocycles. The number of amides is 2. The van der Waals surface area contributed by atoms with Crippen molar-refractivity contribution in [2.24, 2.45) is 7.05 Å². The number of nitrogens with zero attached hydrogens (tertiary/aromatic N) is 4. The summed E-state index contributed by atoms with van der Waals surface area (Å²) in [5.74, 6) is -0.136. The number of pyridine rings is 1. The highest BCUT2D eigenvalue weighted by Crippen LogP contribution is 2.30. The standard InChI is InChI=1S/C21H23N5O2/c1-13-18-10-16(11-23-19(18)25(3)24-13)21(28)26(17-8-9-17)12-14-4-6-15(7-5-14)20(27)22-2/h4-7,10-11,17H,8-9,12H2,1-3H3,(H,22,27). The van der Waals surface area contributed by atoms with Gasteiger partial charge in [0, 0.05) is 43.8 Å². The average Bonchev–Trinajstić information content (AvgIpc) is 3.51. The minimum absolute atomic E-state index is 0.0180. The third-order valence-electron chi connectivity index (χ3n) is 5.15. The molecule has 2 aromatic heterocycles. The van der Waals surface area contributed by atoms with Gasteiger partial charge in [-0.2, -0.15) is 5.10 Å². The van der Waals surface area contributed by atoms with E-state index in [-0.39, 0.29) is 17.9 Å². The van der Waals surface area contributed by atoms with Crippen molar-refractivity contribution < 1.29 is 9.59 Å². The molecule has 3 aromatic rings. The first-order valence-electron chi connectivity index (χ1n) is 9.39. The van der Waals surface area contributed by atoms with Crippen molar-refractivity contribution in [1.82, 2.24) is 25.0 Å². The van der Waals surface area contributed by atoms with Crippen molar-refractivity contribution in [1.29, 1.82) is 0 Å². The van der Waals surface area contributed by atoms with Crippen molar-refractivity contribution in [2.45, 2.75) is 32.4 Å². The highest BCUT2D eigenvalue weighted by atomic mass is 16.2. The van der Waals surface area contributed by atoms with Gasteiger partial charge in [-0.05, 0) is 43.5 Å². The smallest absolute Gasteiger partial charge is 0.255 e. The van der Waals surface area contributed by atoms with Crippen molar-refractivity contribution in [3.8, 4) is 0 Å². The Morgan fingerprint density at radius 3 is 2.57 bits per heavy atom. The summed E-state index contributed by atoms with van der Waals surface area (Å²) in [6, 6.07) is 9.53. The maximum Gasteiger partial charge on any atom is 0.255 e. The Hall–Kier alpha value is -3.22. The largest absolute Gasteiger partial charge is 0.355 e. The van der Waals surface area contributed by atoms with Gasteiger partial charge in [-0.25, -0.2) is 4.98 Å². The van der Waals surface area contributed by atoms with Crippen LogP contribution in [-0.4, -0.2) is 44.6 Å². The van der Waals surface area contributed by atoms with E-state index in [2.05, 4.69) is 15.4 Å². The van der Waals surface area contributed by atoms with Crippen LogP contribution in [0, 0.1) is 6.92 Å². The number of benzene rings is 1. The molecule has 1 aromatic carbocycles. The molecule has 0 spiro atoms. The van der Waals surface area contributed by atoms with Crippen molar-refractivity contribution in [3.63, 3.8) is 0 Å². The number of carbonyl (C=O) groups excluding carboxylic acids is 2. The van der Waals surface area contributed by atoms with Gasteiger partial charge in [0.1, 0.15) is 0 Å². The van der Waals surface area contributed by atoms with Crippen LogP contribution in [0.15, 0.2) is 36.5 Å². The fourth-order valence-corrected chi connectivity index (χ4v) is 3.45. The van der Waals surface area contributed by atoms with E-state index >= 15 is 0 Å². The van der Waals surface area contributed by atoms with Crippen molar-refractivity contribution in [2.75, 3.05) is 7.05 Å². The van der Waals surface area contributed by atoms with Gasteiger partial charge in [-0.1, -0.05) is 12.1 Å². The van der Waals surface area contributed by atoms with E-state index < -0.39 is 0 Å². The number of aryl methyl sites for hydroxylation is 2. The Balaban J connectivity index is 1.59. The maximum atomic E-state index is 13.2. The monoisotopic (exact) mass is 377 g/mol. The summed E-state index contributed by atoms with van der Waals surface area (Å²) < 4.78 is 1.73. The van der Waals surface area contributed by atoms with Crippen LogP contribution < -0.4 is 5.32 Å². The van der Waals surface area contributed by atoms with E-state index in [0.717, 1.165) is 35.1 Å². The van der Waals surface area contributed by atoms with E-state index in [1.54, 1.807) is 30.1 Å². The molecule has 1 fully saturated rings. The topological polar surface area (TPSA) is 80.1 Å². The van der Waals surface area contributed by atoms with E-state index in [1.165, 1.54) is 0 Å². The first kappa shape index (κ1) is 18.2. The van der Waals surface area contributed by atoms with Gasteiger partial charge in [0.2, 0.25) is 0 Å². The van der Waals surface area contributed by atoms with E-state index in [1.807, 2.05) is 37.1 Å². The van der Waals surface area contributed by atoms with Crippen LogP contribution in [0.5, 0.6) is 0 Å². The second-order valence-corrected chi connectivity index (χ2v) is 7.24. The summed E-state index contributed by atoms with van der Waals surface area (Å²) in [6.07, 6.45) is 3.67. The molecule has 0 radical (unpaired) electrons. The number of hydrogen-bond acceptors (Lipinski definition) is 4. The van der Waals surface area contributed by atoms with Crippen molar-refractivity contribution >= 4 is 22.8 Å². The summed E-state index contributed by atoms with van der Waals surface area (Å²) in [5, 5.41) is 7.89. The second kappa shape index (κ2) is 7.07. The van der Waals surface area contributed by atoms with Crippen LogP contribution >= 0.6 is 0 Å². The Bertz CT molecular complexity index is 1050. The molecule has 0 saturated heterocycles. The first-order chi connectivity index (χ1) is 13.5. The number of hydrogen-bond donors (Lipinski definition) is 1. The van der Waals surface area contributed by atoms with Crippen molar-refractivity contribution in [3.05, 3.63) is 58.9 Å². The van der Waals surface area contributed by atoms with Crippen LogP contribution in [-0.2, 0) is 13.6 Å². The van der Waals surface area contributed by atoms with E-state index in [4.69, 9.17) is 0 Å². The summed E-state index contributed by atoms with van der Waals surface area (Å²) in [4.78, 5) is 31.3. The lowest BCUT2D eigenvalue weighted by atomic mass is 10.1. The predicted octanol–water partition coefficient (Wildman–Crippen LogP) is 2.44. The molecule has 7 nitrogen and oxygen atoms in total. The number of nitrogens with one attached hydrogen (secondary N) is 1. The molecular formula is C21H23N5O2. The number of rotatable bonds is 5. The molecule has 1 aliphatic rings. The minimum Gasteiger partial charge on any atom is -0.355 e. The molecule has 1 N–H and O–H groups in total. The first-order valence-corrected chi connectivity index (χ1v) is 9.39. The van der Waals surface area contributed by atoms with Gasteiger partial charge in [0.05, 0.1) is 11.3 Å². The molecule has 2 amide bonds. The zero-order valence-electron chi connectivity index (χ0n) is 16.3. The van der Waals surface area contributed by atoms with E-state index in [0.29, 0.717) is 17.7 Å². The summed E-state index contributed by atoms with van der Waals surface area (Å²) >= 11 is 0. The van der Waals surface area contributed by atoms with Gasteiger partial charge in [0.15, 0.2) is 5.65 Å². The molecular weight excluding hydrogens is 354 g/mol. The molecule has 0 aliphatic heterocycles. The SMILES string of the molecule is CNC(=O)c1ccc(CN(C(=O)c2cnc3c(c2)c(C)nn3C)C2CC2)cc1. The molecule has 0 atom stereocenters. The average molecular weight is 377 g/mol. The zero-order chi connectivity index (χ0) is 19.8. The zero-order valence-corrected chi connectivity index (χ0v) is 16.3. The highest BCUT2D eigenvalue weighted by molar-refractivity contribution is 5.97. The molecule has 144 valence electrons. The van der Waals surface area contributed by atoms with Crippen LogP contribution in [0.3, 0.4) is 0 Å². The van der Waals surface area contributed by atoms with Crippen LogP contribution in [0.1, 0.15) is 44.8 Å². The lowest BCUT2D eigenvalue weighted by molar-refractivity contribution is 0.0729. The van der Waals surface area contributed by atoms with Crippen LogP contribution in [0.4, 0.5) is 0 Å². The quantitative estimate of drug-likeness (QED) is 0.741. The van der Waals surface area contributed by atoms with Gasteiger partial charge < -0.3 is 10.2 Å². The Morgan fingerprint density at radius 2 is 1.93 bits per heavy atom. The Morgan fingerprint density at radius 1 is 1.21 bits per heavy atom. The summed E-state index contributed by atoms with van der Waals surface area (Å²) in [5.41, 5.74) is 3.83. The number of carbonyl (C=O) groups is 2. The number of fused-ring (bicyclic) bond motifs is 1. The minimum atomic E-state index is -0.118. The molecule has 4 rings (SSSR count). The summed E-state index contributed by atoms with van der Waals surface area (Å²) in [6.45, 7) is 2.44. The molecule has 7 heteroatoms. The van der Waals surface area contributed by atoms with Gasteiger partial charge in [0.25, 0.3) is 11.8 Å². The Kier molecular flexibility index (Phi) is 4.58.